The molecular formula is C15H19ClN2. The van der Waals surface area contributed by atoms with E-state index in [-0.39, 0.29) is 5.41 Å². The first-order valence-corrected chi connectivity index (χ1v) is 6.87. The largest absolute Gasteiger partial charge is 0.381 e. The number of nitriles is 1. The van der Waals surface area contributed by atoms with Crippen molar-refractivity contribution >= 4 is 17.3 Å². The highest BCUT2D eigenvalue weighted by molar-refractivity contribution is 6.32. The van der Waals surface area contributed by atoms with Gasteiger partial charge < -0.3 is 5.32 Å². The second-order valence-electron chi connectivity index (χ2n) is 5.71. The number of hydrogen-bond donors (Lipinski definition) is 1. The molecule has 0 amide bonds. The van der Waals surface area contributed by atoms with Crippen LogP contribution in [0.5, 0.6) is 0 Å². The number of nitrogens with zero attached hydrogens (tertiary/aromatic N) is 1. The molecule has 1 aliphatic carbocycles. The summed E-state index contributed by atoms with van der Waals surface area (Å²) in [5.41, 5.74) is 1.69. The number of hydrogen-bond acceptors (Lipinski definition) is 2. The van der Waals surface area contributed by atoms with Gasteiger partial charge in [-0.25, -0.2) is 0 Å². The summed E-state index contributed by atoms with van der Waals surface area (Å²) in [5, 5.41) is 13.2. The monoisotopic (exact) mass is 262 g/mol. The predicted octanol–water partition coefficient (Wildman–Crippen LogP) is 4.59. The first-order chi connectivity index (χ1) is 8.54. The Hall–Kier alpha value is -1.20. The molecule has 0 aliphatic heterocycles. The second kappa shape index (κ2) is 5.20. The third kappa shape index (κ3) is 2.62. The van der Waals surface area contributed by atoms with Crippen LogP contribution < -0.4 is 5.32 Å². The molecule has 1 atom stereocenters. The van der Waals surface area contributed by atoms with E-state index >= 15 is 0 Å². The van der Waals surface area contributed by atoms with Gasteiger partial charge in [-0.1, -0.05) is 44.4 Å². The van der Waals surface area contributed by atoms with Crippen LogP contribution >= 0.6 is 11.6 Å². The van der Waals surface area contributed by atoms with E-state index in [9.17, 15) is 5.26 Å². The van der Waals surface area contributed by atoms with Gasteiger partial charge in [0.1, 0.15) is 6.07 Å². The molecule has 0 aromatic heterocycles. The third-order valence-corrected chi connectivity index (χ3v) is 4.28. The van der Waals surface area contributed by atoms with E-state index in [1.807, 2.05) is 12.1 Å². The Morgan fingerprint density at radius 1 is 1.39 bits per heavy atom. The van der Waals surface area contributed by atoms with Gasteiger partial charge in [0.25, 0.3) is 0 Å². The van der Waals surface area contributed by atoms with Crippen LogP contribution in [0, 0.1) is 16.7 Å². The van der Waals surface area contributed by atoms with E-state index in [1.165, 1.54) is 19.3 Å². The maximum absolute atomic E-state index is 9.18. The van der Waals surface area contributed by atoms with E-state index < -0.39 is 0 Å². The minimum atomic E-state index is 0.271. The fraction of sp³-hybridized carbons (Fsp3) is 0.533. The molecule has 96 valence electrons. The molecule has 1 aromatic rings. The smallest absolute Gasteiger partial charge is 0.103 e. The molecule has 0 bridgehead atoms. The molecule has 3 heteroatoms. The van der Waals surface area contributed by atoms with E-state index in [0.717, 1.165) is 12.1 Å². The molecule has 1 N–H and O–H groups in total. The lowest BCUT2D eigenvalue weighted by Gasteiger charge is -2.39. The lowest BCUT2D eigenvalue weighted by atomic mass is 9.73. The van der Waals surface area contributed by atoms with Gasteiger partial charge in [0.05, 0.1) is 16.3 Å². The lowest BCUT2D eigenvalue weighted by molar-refractivity contribution is 0.217. The molecule has 2 rings (SSSR count). The molecule has 1 aliphatic rings. The van der Waals surface area contributed by atoms with Crippen molar-refractivity contribution in [3.05, 3.63) is 28.8 Å². The van der Waals surface area contributed by atoms with Crippen molar-refractivity contribution < 1.29 is 0 Å². The predicted molar refractivity (Wildman–Crippen MR) is 75.8 cm³/mol. The summed E-state index contributed by atoms with van der Waals surface area (Å²) in [7, 11) is 0. The minimum Gasteiger partial charge on any atom is -0.381 e. The SMILES string of the molecule is CC1(C)CCCCC1Nc1cccc(Cl)c1C#N. The number of benzene rings is 1. The van der Waals surface area contributed by atoms with Crippen molar-refractivity contribution in [2.45, 2.75) is 45.6 Å². The molecule has 2 nitrogen and oxygen atoms in total. The fourth-order valence-electron chi connectivity index (χ4n) is 2.71. The zero-order valence-electron chi connectivity index (χ0n) is 11.0. The molecule has 1 fully saturated rings. The Morgan fingerprint density at radius 3 is 2.83 bits per heavy atom. The van der Waals surface area contributed by atoms with Gasteiger partial charge in [-0.2, -0.15) is 5.26 Å². The van der Waals surface area contributed by atoms with Crippen molar-refractivity contribution in [3.8, 4) is 6.07 Å². The summed E-state index contributed by atoms with van der Waals surface area (Å²) in [6, 6.07) is 8.19. The molecule has 1 saturated carbocycles. The quantitative estimate of drug-likeness (QED) is 0.846. The number of rotatable bonds is 2. The maximum Gasteiger partial charge on any atom is 0.103 e. The molecule has 1 aromatic carbocycles. The maximum atomic E-state index is 9.18. The molecular weight excluding hydrogens is 244 g/mol. The third-order valence-electron chi connectivity index (χ3n) is 3.96. The van der Waals surface area contributed by atoms with Crippen LogP contribution in [0.3, 0.4) is 0 Å². The molecule has 0 saturated heterocycles. The second-order valence-corrected chi connectivity index (χ2v) is 6.11. The molecule has 1 unspecified atom stereocenters. The van der Waals surface area contributed by atoms with Crippen LogP contribution in [0.2, 0.25) is 5.02 Å². The molecule has 0 spiro atoms. The summed E-state index contributed by atoms with van der Waals surface area (Å²) in [6.45, 7) is 4.58. The van der Waals surface area contributed by atoms with E-state index in [1.54, 1.807) is 6.07 Å². The van der Waals surface area contributed by atoms with Gasteiger partial charge in [0, 0.05) is 6.04 Å². The zero-order valence-corrected chi connectivity index (χ0v) is 11.7. The zero-order chi connectivity index (χ0) is 13.2. The Balaban J connectivity index is 2.24. The van der Waals surface area contributed by atoms with Crippen LogP contribution in [-0.4, -0.2) is 6.04 Å². The number of anilines is 1. The Bertz CT molecular complexity index is 474. The first kappa shape index (κ1) is 13.2. The van der Waals surface area contributed by atoms with Crippen LogP contribution in [-0.2, 0) is 0 Å². The van der Waals surface area contributed by atoms with Gasteiger partial charge in [-0.05, 0) is 30.4 Å². The molecule has 0 heterocycles. The molecule has 18 heavy (non-hydrogen) atoms. The van der Waals surface area contributed by atoms with Crippen LogP contribution in [0.25, 0.3) is 0 Å². The van der Waals surface area contributed by atoms with Crippen LogP contribution in [0.1, 0.15) is 45.1 Å². The Labute approximate surface area is 114 Å². The summed E-state index contributed by atoms with van der Waals surface area (Å²) >= 11 is 6.06. The molecule has 0 radical (unpaired) electrons. The number of nitrogens with one attached hydrogen (secondary N) is 1. The van der Waals surface area contributed by atoms with Crippen molar-refractivity contribution in [1.82, 2.24) is 0 Å². The van der Waals surface area contributed by atoms with Gasteiger partial charge in [-0.15, -0.1) is 0 Å². The summed E-state index contributed by atoms with van der Waals surface area (Å²) in [6.07, 6.45) is 4.94. The van der Waals surface area contributed by atoms with Gasteiger partial charge >= 0.3 is 0 Å². The average Bonchev–Trinajstić information content (AvgIpc) is 2.32. The normalized spacial score (nSPS) is 22.2. The van der Waals surface area contributed by atoms with Crippen LogP contribution in [0.15, 0.2) is 18.2 Å². The highest BCUT2D eigenvalue weighted by Gasteiger charge is 2.32. The summed E-state index contributed by atoms with van der Waals surface area (Å²) in [4.78, 5) is 0. The first-order valence-electron chi connectivity index (χ1n) is 6.50. The van der Waals surface area contributed by atoms with Gasteiger partial charge in [0.15, 0.2) is 0 Å². The van der Waals surface area contributed by atoms with Crippen molar-refractivity contribution in [1.29, 1.82) is 5.26 Å². The standard InChI is InChI=1S/C15H19ClN2/c1-15(2)9-4-3-8-14(15)18-13-7-5-6-12(16)11(13)10-17/h5-7,14,18H,3-4,8-9H2,1-2H3. The van der Waals surface area contributed by atoms with Gasteiger partial charge in [-0.3, -0.25) is 0 Å². The highest BCUT2D eigenvalue weighted by atomic mass is 35.5. The van der Waals surface area contributed by atoms with E-state index in [0.29, 0.717) is 16.6 Å². The number of halogens is 1. The lowest BCUT2D eigenvalue weighted by Crippen LogP contribution is -2.39. The average molecular weight is 263 g/mol. The topological polar surface area (TPSA) is 35.8 Å². The Morgan fingerprint density at radius 2 is 2.17 bits per heavy atom. The summed E-state index contributed by atoms with van der Waals surface area (Å²) in [5.74, 6) is 0. The van der Waals surface area contributed by atoms with Gasteiger partial charge in [0.2, 0.25) is 0 Å². The van der Waals surface area contributed by atoms with Crippen molar-refractivity contribution in [2.75, 3.05) is 5.32 Å². The highest BCUT2D eigenvalue weighted by Crippen LogP contribution is 2.38. The van der Waals surface area contributed by atoms with E-state index in [4.69, 9.17) is 11.6 Å². The van der Waals surface area contributed by atoms with E-state index in [2.05, 4.69) is 25.2 Å². The van der Waals surface area contributed by atoms with Crippen LogP contribution in [0.4, 0.5) is 5.69 Å². The van der Waals surface area contributed by atoms with Crippen molar-refractivity contribution in [2.24, 2.45) is 5.41 Å². The fourth-order valence-corrected chi connectivity index (χ4v) is 2.92. The Kier molecular flexibility index (Phi) is 3.82. The summed E-state index contributed by atoms with van der Waals surface area (Å²) < 4.78 is 0. The van der Waals surface area contributed by atoms with Crippen molar-refractivity contribution in [3.63, 3.8) is 0 Å². The minimum absolute atomic E-state index is 0.271.